The van der Waals surface area contributed by atoms with Crippen LogP contribution < -0.4 is 24.8 Å². The number of methoxy groups -OCH3 is 3. The molecule has 8 nitrogen and oxygen atoms in total. The highest BCUT2D eigenvalue weighted by molar-refractivity contribution is 5.90. The summed E-state index contributed by atoms with van der Waals surface area (Å²) in [4.78, 5) is 12.0. The molecule has 2 aromatic rings. The van der Waals surface area contributed by atoms with Gasteiger partial charge in [-0.25, -0.2) is 4.79 Å². The molecule has 1 aromatic heterocycles. The van der Waals surface area contributed by atoms with Gasteiger partial charge < -0.3 is 34.0 Å². The summed E-state index contributed by atoms with van der Waals surface area (Å²) in [6, 6.07) is 6.66. The molecule has 0 atom stereocenters. The van der Waals surface area contributed by atoms with Crippen LogP contribution in [0.1, 0.15) is 12.2 Å². The molecule has 142 valence electrons. The summed E-state index contributed by atoms with van der Waals surface area (Å²) in [7, 11) is 4.56. The summed E-state index contributed by atoms with van der Waals surface area (Å²) >= 11 is 0. The molecule has 1 aromatic carbocycles. The molecule has 2 rings (SSSR count). The zero-order chi connectivity index (χ0) is 18.8. The van der Waals surface area contributed by atoms with E-state index in [0.29, 0.717) is 49.1 Å². The summed E-state index contributed by atoms with van der Waals surface area (Å²) in [6.07, 6.45) is 2.29. The average molecular weight is 364 g/mol. The second-order valence-corrected chi connectivity index (χ2v) is 5.28. The summed E-state index contributed by atoms with van der Waals surface area (Å²) in [5.74, 6) is 2.18. The van der Waals surface area contributed by atoms with Gasteiger partial charge in [-0.1, -0.05) is 0 Å². The number of benzene rings is 1. The van der Waals surface area contributed by atoms with Crippen LogP contribution >= 0.6 is 0 Å². The van der Waals surface area contributed by atoms with Gasteiger partial charge in [0.15, 0.2) is 11.5 Å². The minimum absolute atomic E-state index is 0.328. The number of nitrogens with one attached hydrogen (secondary N) is 2. The van der Waals surface area contributed by atoms with E-state index in [0.717, 1.165) is 5.76 Å². The maximum Gasteiger partial charge on any atom is 0.319 e. The predicted octanol–water partition coefficient (Wildman–Crippen LogP) is 3.03. The Morgan fingerprint density at radius 2 is 1.85 bits per heavy atom. The third-order valence-electron chi connectivity index (χ3n) is 3.50. The van der Waals surface area contributed by atoms with Crippen molar-refractivity contribution in [1.82, 2.24) is 5.32 Å². The zero-order valence-electron chi connectivity index (χ0n) is 15.2. The Labute approximate surface area is 152 Å². The highest BCUT2D eigenvalue weighted by atomic mass is 16.5. The van der Waals surface area contributed by atoms with Crippen molar-refractivity contribution in [2.24, 2.45) is 0 Å². The van der Waals surface area contributed by atoms with Crippen molar-refractivity contribution in [1.29, 1.82) is 0 Å². The van der Waals surface area contributed by atoms with Crippen molar-refractivity contribution in [2.75, 3.05) is 39.8 Å². The summed E-state index contributed by atoms with van der Waals surface area (Å²) < 4.78 is 26.4. The molecule has 0 saturated heterocycles. The first-order valence-corrected chi connectivity index (χ1v) is 8.13. The van der Waals surface area contributed by atoms with E-state index < -0.39 is 0 Å². The van der Waals surface area contributed by atoms with E-state index in [4.69, 9.17) is 23.4 Å². The van der Waals surface area contributed by atoms with Gasteiger partial charge in [0, 0.05) is 25.3 Å². The number of anilines is 1. The van der Waals surface area contributed by atoms with Crippen LogP contribution in [-0.2, 0) is 11.3 Å². The number of amides is 2. The van der Waals surface area contributed by atoms with Gasteiger partial charge in [-0.2, -0.15) is 0 Å². The lowest BCUT2D eigenvalue weighted by Crippen LogP contribution is -2.30. The topological polar surface area (TPSA) is 91.2 Å². The molecule has 8 heteroatoms. The fourth-order valence-electron chi connectivity index (χ4n) is 2.27. The van der Waals surface area contributed by atoms with Crippen LogP contribution in [0.4, 0.5) is 10.5 Å². The van der Waals surface area contributed by atoms with Gasteiger partial charge in [0.2, 0.25) is 5.75 Å². The first-order chi connectivity index (χ1) is 12.7. The van der Waals surface area contributed by atoms with E-state index >= 15 is 0 Å². The van der Waals surface area contributed by atoms with Crippen molar-refractivity contribution in [3.63, 3.8) is 0 Å². The monoisotopic (exact) mass is 364 g/mol. The van der Waals surface area contributed by atoms with Crippen LogP contribution in [0.15, 0.2) is 34.9 Å². The smallest absolute Gasteiger partial charge is 0.319 e. The van der Waals surface area contributed by atoms with Crippen LogP contribution in [0.3, 0.4) is 0 Å². The molecule has 26 heavy (non-hydrogen) atoms. The molecule has 2 amide bonds. The van der Waals surface area contributed by atoms with Gasteiger partial charge in [0.25, 0.3) is 0 Å². The van der Waals surface area contributed by atoms with Crippen molar-refractivity contribution in [2.45, 2.75) is 13.0 Å². The summed E-state index contributed by atoms with van der Waals surface area (Å²) in [6.45, 7) is 1.42. The van der Waals surface area contributed by atoms with Crippen LogP contribution in [0.5, 0.6) is 17.2 Å². The normalized spacial score (nSPS) is 10.3. The maximum absolute atomic E-state index is 12.0. The van der Waals surface area contributed by atoms with E-state index in [1.54, 1.807) is 18.4 Å². The van der Waals surface area contributed by atoms with E-state index in [1.807, 2.05) is 12.1 Å². The fourth-order valence-corrected chi connectivity index (χ4v) is 2.27. The van der Waals surface area contributed by atoms with Crippen LogP contribution in [0, 0.1) is 0 Å². The van der Waals surface area contributed by atoms with Crippen molar-refractivity contribution >= 4 is 11.7 Å². The molecule has 1 heterocycles. The van der Waals surface area contributed by atoms with Gasteiger partial charge in [0.1, 0.15) is 12.4 Å². The molecule has 2 N–H and O–H groups in total. The van der Waals surface area contributed by atoms with Crippen LogP contribution in [0.25, 0.3) is 0 Å². The SMILES string of the molecule is COc1cc(NC(=O)NCCCOCc2ccco2)cc(OC)c1OC. The Kier molecular flexibility index (Phi) is 7.63. The van der Waals surface area contributed by atoms with Gasteiger partial charge >= 0.3 is 6.03 Å². The van der Waals surface area contributed by atoms with Gasteiger partial charge in [0.05, 0.1) is 33.3 Å². The summed E-state index contributed by atoms with van der Waals surface area (Å²) in [5.41, 5.74) is 0.533. The highest BCUT2D eigenvalue weighted by Gasteiger charge is 2.14. The number of carbonyl (C=O) groups excluding carboxylic acids is 1. The molecule has 0 saturated carbocycles. The minimum atomic E-state index is -0.328. The van der Waals surface area contributed by atoms with E-state index in [2.05, 4.69) is 10.6 Å². The Hall–Kier alpha value is -2.87. The molecule has 0 aliphatic heterocycles. The zero-order valence-corrected chi connectivity index (χ0v) is 15.2. The number of rotatable bonds is 10. The van der Waals surface area contributed by atoms with Crippen molar-refractivity contribution in [3.8, 4) is 17.2 Å². The maximum atomic E-state index is 12.0. The lowest BCUT2D eigenvalue weighted by atomic mass is 10.2. The molecule has 0 fully saturated rings. The third-order valence-corrected chi connectivity index (χ3v) is 3.50. The van der Waals surface area contributed by atoms with Gasteiger partial charge in [-0.15, -0.1) is 0 Å². The molecule has 0 aliphatic carbocycles. The Balaban J connectivity index is 1.75. The molecular formula is C18H24N2O6. The Morgan fingerprint density at radius 1 is 1.12 bits per heavy atom. The van der Waals surface area contributed by atoms with E-state index in [1.165, 1.54) is 21.3 Å². The number of hydrogen-bond donors (Lipinski definition) is 2. The predicted molar refractivity (Wildman–Crippen MR) is 96.1 cm³/mol. The quantitative estimate of drug-likeness (QED) is 0.630. The second kappa shape index (κ2) is 10.2. The van der Waals surface area contributed by atoms with Crippen molar-refractivity contribution in [3.05, 3.63) is 36.3 Å². The standard InChI is InChI=1S/C18H24N2O6/c1-22-15-10-13(11-16(23-2)17(15)24-3)20-18(21)19-7-5-8-25-12-14-6-4-9-26-14/h4,6,9-11H,5,7-8,12H2,1-3H3,(H2,19,20,21). The third kappa shape index (κ3) is 5.59. The Morgan fingerprint density at radius 3 is 2.42 bits per heavy atom. The molecular weight excluding hydrogens is 340 g/mol. The first-order valence-electron chi connectivity index (χ1n) is 8.13. The van der Waals surface area contributed by atoms with Crippen LogP contribution in [-0.4, -0.2) is 40.5 Å². The number of furan rings is 1. The molecule has 0 bridgehead atoms. The van der Waals surface area contributed by atoms with E-state index in [-0.39, 0.29) is 6.03 Å². The average Bonchev–Trinajstić information content (AvgIpc) is 3.17. The lowest BCUT2D eigenvalue weighted by Gasteiger charge is -2.15. The second-order valence-electron chi connectivity index (χ2n) is 5.28. The van der Waals surface area contributed by atoms with Crippen molar-refractivity contribution < 1.29 is 28.2 Å². The van der Waals surface area contributed by atoms with E-state index in [9.17, 15) is 4.79 Å². The van der Waals surface area contributed by atoms with Gasteiger partial charge in [-0.05, 0) is 18.6 Å². The summed E-state index contributed by atoms with van der Waals surface area (Å²) in [5, 5.41) is 5.50. The number of urea groups is 1. The molecule has 0 unspecified atom stereocenters. The Bertz CT molecular complexity index is 662. The van der Waals surface area contributed by atoms with Gasteiger partial charge in [-0.3, -0.25) is 0 Å². The fraction of sp³-hybridized carbons (Fsp3) is 0.389. The van der Waals surface area contributed by atoms with Crippen LogP contribution in [0.2, 0.25) is 0 Å². The number of hydrogen-bond acceptors (Lipinski definition) is 6. The largest absolute Gasteiger partial charge is 0.493 e. The molecule has 0 radical (unpaired) electrons. The molecule has 0 aliphatic rings. The number of carbonyl (C=O) groups is 1. The first kappa shape index (κ1) is 19.5. The highest BCUT2D eigenvalue weighted by Crippen LogP contribution is 2.39. The minimum Gasteiger partial charge on any atom is -0.493 e. The number of ether oxygens (including phenoxy) is 4. The lowest BCUT2D eigenvalue weighted by molar-refractivity contribution is 0.104. The molecule has 0 spiro atoms.